The van der Waals surface area contributed by atoms with Crippen molar-refractivity contribution >= 4 is 33.0 Å². The van der Waals surface area contributed by atoms with Crippen LogP contribution in [0.25, 0.3) is 0 Å². The third-order valence-electron chi connectivity index (χ3n) is 5.10. The van der Waals surface area contributed by atoms with E-state index in [2.05, 4.69) is 10.1 Å². The number of amides is 1. The molecular weight excluding hydrogens is 440 g/mol. The van der Waals surface area contributed by atoms with E-state index in [1.54, 1.807) is 0 Å². The lowest BCUT2D eigenvalue weighted by molar-refractivity contribution is -0.118. The highest BCUT2D eigenvalue weighted by Gasteiger charge is 2.53. The van der Waals surface area contributed by atoms with Crippen LogP contribution in [0.2, 0.25) is 5.02 Å². The van der Waals surface area contributed by atoms with E-state index in [-0.39, 0.29) is 34.9 Å². The monoisotopic (exact) mass is 459 g/mol. The van der Waals surface area contributed by atoms with E-state index in [0.717, 1.165) is 0 Å². The fourth-order valence-corrected chi connectivity index (χ4v) is 5.78. The molecule has 0 spiro atoms. The fraction of sp³-hybridized carbons (Fsp3) is 0.350. The number of methoxy groups -OCH3 is 1. The van der Waals surface area contributed by atoms with Gasteiger partial charge in [-0.3, -0.25) is 4.79 Å². The lowest BCUT2D eigenvalue weighted by atomic mass is 10.1. The Labute approximate surface area is 178 Å². The van der Waals surface area contributed by atoms with Crippen LogP contribution in [0.5, 0.6) is 11.5 Å². The lowest BCUT2D eigenvalue weighted by Gasteiger charge is -2.28. The second-order valence-corrected chi connectivity index (χ2v) is 9.55. The largest absolute Gasteiger partial charge is 0.493 e. The minimum atomic E-state index is -4.02. The van der Waals surface area contributed by atoms with Crippen molar-refractivity contribution in [2.24, 2.45) is 0 Å². The van der Waals surface area contributed by atoms with E-state index < -0.39 is 27.1 Å². The summed E-state index contributed by atoms with van der Waals surface area (Å²) >= 11 is 5.85. The van der Waals surface area contributed by atoms with Gasteiger partial charge in [0.25, 0.3) is 0 Å². The van der Waals surface area contributed by atoms with E-state index in [9.17, 15) is 22.0 Å². The maximum absolute atomic E-state index is 13.4. The molecule has 162 valence electrons. The summed E-state index contributed by atoms with van der Waals surface area (Å²) in [5.74, 6) is -0.938. The fourth-order valence-electron chi connectivity index (χ4n) is 3.59. The summed E-state index contributed by atoms with van der Waals surface area (Å²) in [5, 5.41) is 2.93. The van der Waals surface area contributed by atoms with E-state index in [1.807, 2.05) is 0 Å². The lowest BCUT2D eigenvalue weighted by Crippen LogP contribution is -2.47. The molecular formula is C20H20ClF2NO5S. The number of sulfone groups is 1. The molecule has 1 N–H and O–H groups in total. The first kappa shape index (κ1) is 22.3. The Morgan fingerprint density at radius 2 is 1.73 bits per heavy atom. The zero-order valence-corrected chi connectivity index (χ0v) is 17.6. The number of rotatable bonds is 7. The van der Waals surface area contributed by atoms with Crippen molar-refractivity contribution in [3.8, 4) is 11.5 Å². The summed E-state index contributed by atoms with van der Waals surface area (Å²) in [6.45, 7) is -3.09. The van der Waals surface area contributed by atoms with Gasteiger partial charge in [0.15, 0.2) is 26.1 Å². The van der Waals surface area contributed by atoms with Crippen molar-refractivity contribution in [1.29, 1.82) is 0 Å². The van der Waals surface area contributed by atoms with Gasteiger partial charge in [-0.25, -0.2) is 8.42 Å². The zero-order chi connectivity index (χ0) is 21.9. The highest BCUT2D eigenvalue weighted by molar-refractivity contribution is 7.93. The molecule has 0 radical (unpaired) electrons. The summed E-state index contributed by atoms with van der Waals surface area (Å²) < 4.78 is 59.8. The van der Waals surface area contributed by atoms with Crippen molar-refractivity contribution in [2.75, 3.05) is 12.4 Å². The maximum atomic E-state index is 13.4. The molecule has 0 saturated heterocycles. The number of halogens is 3. The van der Waals surface area contributed by atoms with Crippen molar-refractivity contribution in [3.05, 3.63) is 47.5 Å². The van der Waals surface area contributed by atoms with Crippen molar-refractivity contribution in [2.45, 2.75) is 41.9 Å². The predicted octanol–water partition coefficient (Wildman–Crippen LogP) is 4.68. The summed E-state index contributed by atoms with van der Waals surface area (Å²) in [6.07, 6.45) is 1.45. The highest BCUT2D eigenvalue weighted by Crippen LogP contribution is 2.42. The number of hydrogen-bond donors (Lipinski definition) is 1. The molecule has 10 heteroatoms. The van der Waals surface area contributed by atoms with Crippen LogP contribution in [-0.4, -0.2) is 32.8 Å². The molecule has 3 rings (SSSR count). The maximum Gasteiger partial charge on any atom is 0.387 e. The Hall–Kier alpha value is -2.39. The summed E-state index contributed by atoms with van der Waals surface area (Å²) in [7, 11) is -2.74. The Kier molecular flexibility index (Phi) is 6.52. The van der Waals surface area contributed by atoms with E-state index >= 15 is 0 Å². The summed E-state index contributed by atoms with van der Waals surface area (Å²) in [6, 6.07) is 9.58. The number of alkyl halides is 2. The molecule has 6 nitrogen and oxygen atoms in total. The number of carbonyl (C=O) groups is 1. The average molecular weight is 460 g/mol. The topological polar surface area (TPSA) is 81.7 Å². The summed E-state index contributed by atoms with van der Waals surface area (Å²) in [4.78, 5) is 13.2. The van der Waals surface area contributed by atoms with Crippen LogP contribution >= 0.6 is 11.6 Å². The van der Waals surface area contributed by atoms with Gasteiger partial charge in [-0.2, -0.15) is 8.78 Å². The van der Waals surface area contributed by atoms with Crippen molar-refractivity contribution < 1.29 is 31.5 Å². The van der Waals surface area contributed by atoms with Crippen LogP contribution in [-0.2, 0) is 14.6 Å². The number of carbonyl (C=O) groups excluding carboxylic acids is 1. The molecule has 0 unspecified atom stereocenters. The van der Waals surface area contributed by atoms with Crippen LogP contribution in [0.15, 0.2) is 47.4 Å². The second-order valence-electron chi connectivity index (χ2n) is 6.86. The smallest absolute Gasteiger partial charge is 0.387 e. The number of ether oxygens (including phenoxy) is 2. The Morgan fingerprint density at radius 1 is 1.10 bits per heavy atom. The molecule has 0 bridgehead atoms. The third-order valence-corrected chi connectivity index (χ3v) is 7.87. The quantitative estimate of drug-likeness (QED) is 0.650. The van der Waals surface area contributed by atoms with Crippen LogP contribution in [0, 0.1) is 0 Å². The molecule has 1 fully saturated rings. The minimum Gasteiger partial charge on any atom is -0.493 e. The van der Waals surface area contributed by atoms with Crippen LogP contribution in [0.4, 0.5) is 14.5 Å². The first-order chi connectivity index (χ1) is 14.2. The molecule has 2 aromatic carbocycles. The molecule has 1 aliphatic rings. The minimum absolute atomic E-state index is 0.000374. The molecule has 1 amide bonds. The van der Waals surface area contributed by atoms with Gasteiger partial charge in [0.1, 0.15) is 0 Å². The normalized spacial score (nSPS) is 15.8. The first-order valence-electron chi connectivity index (χ1n) is 9.14. The van der Waals surface area contributed by atoms with Gasteiger partial charge in [-0.15, -0.1) is 0 Å². The van der Waals surface area contributed by atoms with Crippen LogP contribution in [0.1, 0.15) is 25.7 Å². The van der Waals surface area contributed by atoms with E-state index in [0.29, 0.717) is 17.9 Å². The molecule has 0 atom stereocenters. The molecule has 30 heavy (non-hydrogen) atoms. The molecule has 2 aromatic rings. The van der Waals surface area contributed by atoms with Gasteiger partial charge in [-0.1, -0.05) is 24.4 Å². The second kappa shape index (κ2) is 8.77. The molecule has 0 heterocycles. The third kappa shape index (κ3) is 4.22. The Balaban J connectivity index is 1.94. The van der Waals surface area contributed by atoms with Gasteiger partial charge in [0, 0.05) is 16.8 Å². The number of anilines is 1. The number of hydrogen-bond acceptors (Lipinski definition) is 5. The van der Waals surface area contributed by atoms with Crippen molar-refractivity contribution in [3.63, 3.8) is 0 Å². The zero-order valence-electron chi connectivity index (χ0n) is 16.0. The predicted molar refractivity (Wildman–Crippen MR) is 108 cm³/mol. The van der Waals surface area contributed by atoms with Gasteiger partial charge < -0.3 is 14.8 Å². The SMILES string of the molecule is COc1ccc(NC(=O)C2(S(=O)(=O)c3ccc(Cl)cc3)CCCC2)cc1OC(F)F. The highest BCUT2D eigenvalue weighted by atomic mass is 35.5. The molecule has 1 aliphatic carbocycles. The average Bonchev–Trinajstić information content (AvgIpc) is 3.20. The van der Waals surface area contributed by atoms with Crippen molar-refractivity contribution in [1.82, 2.24) is 0 Å². The van der Waals surface area contributed by atoms with Gasteiger partial charge in [-0.05, 0) is 49.2 Å². The van der Waals surface area contributed by atoms with Crippen LogP contribution in [0.3, 0.4) is 0 Å². The molecule has 0 aromatic heterocycles. The number of nitrogens with one attached hydrogen (secondary N) is 1. The molecule has 1 saturated carbocycles. The van der Waals surface area contributed by atoms with Gasteiger partial charge in [0.05, 0.1) is 12.0 Å². The van der Waals surface area contributed by atoms with E-state index in [4.69, 9.17) is 16.3 Å². The van der Waals surface area contributed by atoms with Crippen LogP contribution < -0.4 is 14.8 Å². The van der Waals surface area contributed by atoms with Gasteiger partial charge >= 0.3 is 6.61 Å². The van der Waals surface area contributed by atoms with Gasteiger partial charge in [0.2, 0.25) is 5.91 Å². The number of benzene rings is 2. The Bertz CT molecular complexity index is 1020. The summed E-state index contributed by atoms with van der Waals surface area (Å²) in [5.41, 5.74) is 0.119. The first-order valence-corrected chi connectivity index (χ1v) is 11.0. The molecule has 0 aliphatic heterocycles. The van der Waals surface area contributed by atoms with E-state index in [1.165, 1.54) is 49.6 Å². The standard InChI is InChI=1S/C20H20ClF2NO5S/c1-28-16-9-6-14(12-17(16)29-19(22)23)24-18(25)20(10-2-3-11-20)30(26,27)15-7-4-13(21)5-8-15/h4-9,12,19H,2-3,10-11H2,1H3,(H,24,25). The Morgan fingerprint density at radius 3 is 2.30 bits per heavy atom.